The van der Waals surface area contributed by atoms with E-state index in [2.05, 4.69) is 5.32 Å². The highest BCUT2D eigenvalue weighted by Crippen LogP contribution is 2.25. The predicted molar refractivity (Wildman–Crippen MR) is 127 cm³/mol. The van der Waals surface area contributed by atoms with Crippen molar-refractivity contribution in [1.29, 1.82) is 0 Å². The number of nitrogens with one attached hydrogen (secondary N) is 1. The molecule has 1 saturated carbocycles. The first kappa shape index (κ1) is 23.9. The minimum absolute atomic E-state index is 0.109. The molecule has 31 heavy (non-hydrogen) atoms. The van der Waals surface area contributed by atoms with E-state index in [1.807, 2.05) is 25.1 Å². The molecule has 166 valence electrons. The minimum atomic E-state index is -0.595. The van der Waals surface area contributed by atoms with Crippen LogP contribution in [-0.4, -0.2) is 28.8 Å². The van der Waals surface area contributed by atoms with Crippen LogP contribution in [0, 0.1) is 0 Å². The molecule has 3 rings (SSSR count). The Bertz CT molecular complexity index is 929. The van der Waals surface area contributed by atoms with E-state index in [-0.39, 0.29) is 30.8 Å². The Morgan fingerprint density at radius 3 is 2.39 bits per heavy atom. The molecule has 0 aromatic heterocycles. The molecule has 0 heterocycles. The third-order valence-electron chi connectivity index (χ3n) is 5.74. The van der Waals surface area contributed by atoms with Gasteiger partial charge < -0.3 is 10.2 Å². The van der Waals surface area contributed by atoms with Gasteiger partial charge in [-0.25, -0.2) is 0 Å². The first-order chi connectivity index (χ1) is 14.9. The average Bonchev–Trinajstić information content (AvgIpc) is 3.24. The summed E-state index contributed by atoms with van der Waals surface area (Å²) >= 11 is 18.7. The molecule has 0 aliphatic heterocycles. The Balaban J connectivity index is 1.86. The van der Waals surface area contributed by atoms with Crippen LogP contribution in [0.2, 0.25) is 15.1 Å². The van der Waals surface area contributed by atoms with Gasteiger partial charge in [0, 0.05) is 27.7 Å². The highest BCUT2D eigenvalue weighted by Gasteiger charge is 2.31. The largest absolute Gasteiger partial charge is 0.352 e. The maximum atomic E-state index is 13.4. The van der Waals surface area contributed by atoms with E-state index in [0.717, 1.165) is 36.8 Å². The summed E-state index contributed by atoms with van der Waals surface area (Å²) in [4.78, 5) is 28.2. The van der Waals surface area contributed by atoms with Gasteiger partial charge in [0.1, 0.15) is 6.04 Å². The monoisotopic (exact) mass is 480 g/mol. The molecule has 0 radical (unpaired) electrons. The highest BCUT2D eigenvalue weighted by atomic mass is 35.5. The normalized spacial score (nSPS) is 15.0. The molecule has 2 aromatic carbocycles. The maximum Gasteiger partial charge on any atom is 0.243 e. The molecule has 1 fully saturated rings. The molecule has 2 aromatic rings. The zero-order chi connectivity index (χ0) is 22.4. The lowest BCUT2D eigenvalue weighted by Gasteiger charge is -2.32. The second-order valence-electron chi connectivity index (χ2n) is 7.94. The third kappa shape index (κ3) is 6.38. The van der Waals surface area contributed by atoms with Gasteiger partial charge in [0.25, 0.3) is 0 Å². The van der Waals surface area contributed by atoms with Gasteiger partial charge in [-0.1, -0.05) is 78.8 Å². The fourth-order valence-corrected chi connectivity index (χ4v) is 4.70. The van der Waals surface area contributed by atoms with Gasteiger partial charge in [0.15, 0.2) is 0 Å². The van der Waals surface area contributed by atoms with Crippen molar-refractivity contribution in [3.8, 4) is 0 Å². The SMILES string of the molecule is CC[C@@H](C(=O)NC1CCCC1)N(Cc1ccc(Cl)cc1Cl)C(=O)Cc1ccccc1Cl. The van der Waals surface area contributed by atoms with Gasteiger partial charge in [0.05, 0.1) is 6.42 Å². The summed E-state index contributed by atoms with van der Waals surface area (Å²) in [6, 6.07) is 12.0. The fraction of sp³-hybridized carbons (Fsp3) is 0.417. The van der Waals surface area contributed by atoms with Crippen molar-refractivity contribution in [1.82, 2.24) is 10.2 Å². The van der Waals surface area contributed by atoms with Crippen molar-refractivity contribution < 1.29 is 9.59 Å². The smallest absolute Gasteiger partial charge is 0.243 e. The lowest BCUT2D eigenvalue weighted by atomic mass is 10.1. The van der Waals surface area contributed by atoms with E-state index < -0.39 is 6.04 Å². The fourth-order valence-electron chi connectivity index (χ4n) is 4.03. The second kappa shape index (κ2) is 11.2. The van der Waals surface area contributed by atoms with Crippen molar-refractivity contribution in [3.05, 3.63) is 68.7 Å². The summed E-state index contributed by atoms with van der Waals surface area (Å²) in [5.74, 6) is -0.292. The van der Waals surface area contributed by atoms with E-state index in [1.54, 1.807) is 29.2 Å². The zero-order valence-electron chi connectivity index (χ0n) is 17.5. The molecule has 4 nitrogen and oxygen atoms in total. The number of hydrogen-bond acceptors (Lipinski definition) is 2. The number of benzene rings is 2. The molecule has 1 aliphatic rings. The number of rotatable bonds is 8. The zero-order valence-corrected chi connectivity index (χ0v) is 19.8. The Morgan fingerprint density at radius 2 is 1.74 bits per heavy atom. The number of carbonyl (C=O) groups excluding carboxylic acids is 2. The van der Waals surface area contributed by atoms with E-state index >= 15 is 0 Å². The van der Waals surface area contributed by atoms with Gasteiger partial charge in [-0.15, -0.1) is 0 Å². The van der Waals surface area contributed by atoms with Crippen molar-refractivity contribution >= 4 is 46.6 Å². The molecular formula is C24H27Cl3N2O2. The van der Waals surface area contributed by atoms with Crippen LogP contribution >= 0.6 is 34.8 Å². The third-order valence-corrected chi connectivity index (χ3v) is 6.70. The van der Waals surface area contributed by atoms with Crippen molar-refractivity contribution in [2.45, 2.75) is 64.1 Å². The number of amides is 2. The number of carbonyl (C=O) groups is 2. The number of halogens is 3. The first-order valence-electron chi connectivity index (χ1n) is 10.7. The summed E-state index contributed by atoms with van der Waals surface area (Å²) in [5, 5.41) is 4.66. The van der Waals surface area contributed by atoms with Crippen molar-refractivity contribution in [2.75, 3.05) is 0 Å². The molecule has 0 unspecified atom stereocenters. The molecule has 0 saturated heterocycles. The van der Waals surface area contributed by atoms with Crippen LogP contribution in [0.5, 0.6) is 0 Å². The Hall–Kier alpha value is -1.75. The van der Waals surface area contributed by atoms with Gasteiger partial charge in [-0.05, 0) is 48.6 Å². The molecule has 0 bridgehead atoms. The summed E-state index contributed by atoms with van der Waals surface area (Å²) in [6.45, 7) is 2.13. The quantitative estimate of drug-likeness (QED) is 0.498. The van der Waals surface area contributed by atoms with Crippen LogP contribution in [-0.2, 0) is 22.6 Å². The highest BCUT2D eigenvalue weighted by molar-refractivity contribution is 6.35. The van der Waals surface area contributed by atoms with E-state index in [4.69, 9.17) is 34.8 Å². The summed E-state index contributed by atoms with van der Waals surface area (Å²) in [6.07, 6.45) is 4.82. The van der Waals surface area contributed by atoms with Crippen molar-refractivity contribution in [2.24, 2.45) is 0 Å². The Labute approximate surface area is 198 Å². The van der Waals surface area contributed by atoms with Gasteiger partial charge in [-0.3, -0.25) is 9.59 Å². The van der Waals surface area contributed by atoms with Crippen LogP contribution in [0.25, 0.3) is 0 Å². The summed E-state index contributed by atoms with van der Waals surface area (Å²) < 4.78 is 0. The van der Waals surface area contributed by atoms with Crippen molar-refractivity contribution in [3.63, 3.8) is 0 Å². The van der Waals surface area contributed by atoms with E-state index in [9.17, 15) is 9.59 Å². The standard InChI is InChI=1S/C24H27Cl3N2O2/c1-2-22(24(31)28-19-8-4-5-9-19)29(15-17-11-12-18(25)14-21(17)27)23(30)13-16-7-3-6-10-20(16)26/h3,6-7,10-12,14,19,22H,2,4-5,8-9,13,15H2,1H3,(H,28,31)/t22-/m0/s1. The molecule has 1 aliphatic carbocycles. The van der Waals surface area contributed by atoms with Crippen LogP contribution in [0.4, 0.5) is 0 Å². The lowest BCUT2D eigenvalue weighted by Crippen LogP contribution is -2.51. The number of hydrogen-bond donors (Lipinski definition) is 1. The maximum absolute atomic E-state index is 13.4. The number of nitrogens with zero attached hydrogens (tertiary/aromatic N) is 1. The van der Waals surface area contributed by atoms with Crippen LogP contribution in [0.1, 0.15) is 50.2 Å². The second-order valence-corrected chi connectivity index (χ2v) is 9.19. The van der Waals surface area contributed by atoms with Crippen LogP contribution in [0.3, 0.4) is 0 Å². The molecule has 0 spiro atoms. The topological polar surface area (TPSA) is 49.4 Å². The molecule has 1 N–H and O–H groups in total. The van der Waals surface area contributed by atoms with Gasteiger partial charge in [-0.2, -0.15) is 0 Å². The summed E-state index contributed by atoms with van der Waals surface area (Å²) in [5.41, 5.74) is 1.47. The van der Waals surface area contributed by atoms with E-state index in [1.165, 1.54) is 0 Å². The van der Waals surface area contributed by atoms with Gasteiger partial charge >= 0.3 is 0 Å². The van der Waals surface area contributed by atoms with Crippen LogP contribution in [0.15, 0.2) is 42.5 Å². The Kier molecular flexibility index (Phi) is 8.65. The molecule has 7 heteroatoms. The molecule has 1 atom stereocenters. The van der Waals surface area contributed by atoms with Crippen LogP contribution < -0.4 is 5.32 Å². The van der Waals surface area contributed by atoms with E-state index in [0.29, 0.717) is 21.5 Å². The first-order valence-corrected chi connectivity index (χ1v) is 11.8. The molecule has 2 amide bonds. The average molecular weight is 482 g/mol. The van der Waals surface area contributed by atoms with Gasteiger partial charge in [0.2, 0.25) is 11.8 Å². The molecular weight excluding hydrogens is 455 g/mol. The Morgan fingerprint density at radius 1 is 1.03 bits per heavy atom. The summed E-state index contributed by atoms with van der Waals surface area (Å²) in [7, 11) is 0. The lowest BCUT2D eigenvalue weighted by molar-refractivity contribution is -0.141. The predicted octanol–water partition coefficient (Wildman–Crippen LogP) is 6.06. The minimum Gasteiger partial charge on any atom is -0.352 e.